The Kier molecular flexibility index (Phi) is 9.21. The van der Waals surface area contributed by atoms with Gasteiger partial charge in [0.25, 0.3) is 5.91 Å². The molecule has 1 aliphatic heterocycles. The molecule has 1 unspecified atom stereocenters. The van der Waals surface area contributed by atoms with Gasteiger partial charge in [-0.3, -0.25) is 9.32 Å². The normalized spacial score (nSPS) is 16.0. The van der Waals surface area contributed by atoms with E-state index in [-0.39, 0.29) is 17.2 Å². The number of rotatable bonds is 10. The molecule has 40 heavy (non-hydrogen) atoms. The monoisotopic (exact) mass is 598 g/mol. The van der Waals surface area contributed by atoms with E-state index in [1.807, 2.05) is 0 Å². The Hall–Kier alpha value is -3.56. The maximum Gasteiger partial charge on any atom is 0.471 e. The van der Waals surface area contributed by atoms with Crippen molar-refractivity contribution in [3.05, 3.63) is 77.4 Å². The summed E-state index contributed by atoms with van der Waals surface area (Å²) >= 11 is 0. The number of nitrogens with zero attached hydrogens (tertiary/aromatic N) is 1. The van der Waals surface area contributed by atoms with Crippen LogP contribution in [0, 0.1) is 5.82 Å². The van der Waals surface area contributed by atoms with Crippen molar-refractivity contribution < 1.29 is 64.2 Å². The number of methoxy groups -OCH3 is 2. The maximum absolute atomic E-state index is 14.1. The van der Waals surface area contributed by atoms with Gasteiger partial charge in [-0.15, -0.1) is 0 Å². The highest BCUT2D eigenvalue weighted by Gasteiger charge is 2.58. The molecule has 3 rings (SSSR count). The van der Waals surface area contributed by atoms with E-state index in [4.69, 9.17) is 24.0 Å². The molecule has 218 valence electrons. The highest BCUT2D eigenvalue weighted by Crippen LogP contribution is 2.46. The van der Waals surface area contributed by atoms with Crippen LogP contribution in [0.2, 0.25) is 0 Å². The molecule has 0 bridgehead atoms. The second kappa shape index (κ2) is 11.9. The van der Waals surface area contributed by atoms with Crippen molar-refractivity contribution in [3.8, 4) is 17.2 Å². The van der Waals surface area contributed by atoms with Gasteiger partial charge in [-0.2, -0.15) is 22.0 Å². The van der Waals surface area contributed by atoms with Crippen LogP contribution in [0.5, 0.6) is 17.2 Å². The van der Waals surface area contributed by atoms with Crippen LogP contribution in [0.3, 0.4) is 0 Å². The standard InChI is InChI=1S/C23H21F6N2O8P/c1-36-19-10-14(24)4-6-17(19)39-18-9-13(22(25,26)23(27,28)29)3-5-16(18)21(32)30-15-7-8-31(20(11-15)37-2)12-38-40(33,34)35/h3-11,20H,12H2,1-2H3,(H,30,32)(H2,33,34,35). The lowest BCUT2D eigenvalue weighted by Crippen LogP contribution is -2.36. The Bertz CT molecular complexity index is 1360. The Morgan fingerprint density at radius 3 is 2.35 bits per heavy atom. The van der Waals surface area contributed by atoms with Gasteiger partial charge in [0.05, 0.1) is 12.7 Å². The smallest absolute Gasteiger partial charge is 0.471 e. The first-order valence-corrected chi connectivity index (χ1v) is 12.4. The Morgan fingerprint density at radius 2 is 1.75 bits per heavy atom. The number of phosphoric ester groups is 1. The molecular formula is C23H21F6N2O8P. The predicted octanol–water partition coefficient (Wildman–Crippen LogP) is 4.76. The van der Waals surface area contributed by atoms with Crippen molar-refractivity contribution in [1.82, 2.24) is 10.2 Å². The SMILES string of the molecule is COc1cc(F)ccc1Oc1cc(C(F)(F)C(F)(F)F)ccc1C(=O)NC1=CC(OC)N(COP(=O)(O)O)C=C1. The van der Waals surface area contributed by atoms with E-state index in [1.165, 1.54) is 30.4 Å². The van der Waals surface area contributed by atoms with Crippen molar-refractivity contribution in [2.75, 3.05) is 21.0 Å². The number of amides is 1. The molecule has 1 amide bonds. The van der Waals surface area contributed by atoms with Crippen LogP contribution in [0.4, 0.5) is 26.3 Å². The van der Waals surface area contributed by atoms with Gasteiger partial charge in [-0.1, -0.05) is 6.07 Å². The number of phosphoric acid groups is 1. The molecule has 0 aliphatic carbocycles. The highest BCUT2D eigenvalue weighted by molar-refractivity contribution is 7.46. The minimum absolute atomic E-state index is 0.0549. The van der Waals surface area contributed by atoms with Gasteiger partial charge >= 0.3 is 19.9 Å². The molecule has 0 saturated heterocycles. The van der Waals surface area contributed by atoms with Crippen molar-refractivity contribution in [2.45, 2.75) is 18.3 Å². The van der Waals surface area contributed by atoms with E-state index in [0.717, 1.165) is 25.3 Å². The molecule has 2 aromatic rings. The summed E-state index contributed by atoms with van der Waals surface area (Å²) in [5, 5.41) is 2.40. The lowest BCUT2D eigenvalue weighted by molar-refractivity contribution is -0.289. The van der Waals surface area contributed by atoms with Crippen LogP contribution in [-0.2, 0) is 19.7 Å². The predicted molar refractivity (Wildman–Crippen MR) is 125 cm³/mol. The van der Waals surface area contributed by atoms with Gasteiger partial charge < -0.3 is 34.2 Å². The van der Waals surface area contributed by atoms with Gasteiger partial charge in [-0.25, -0.2) is 8.96 Å². The molecule has 1 atom stereocenters. The van der Waals surface area contributed by atoms with Crippen LogP contribution >= 0.6 is 7.82 Å². The number of carbonyl (C=O) groups is 1. The maximum atomic E-state index is 14.1. The minimum atomic E-state index is -5.95. The zero-order valence-electron chi connectivity index (χ0n) is 20.5. The summed E-state index contributed by atoms with van der Waals surface area (Å²) in [6, 6.07) is 4.23. The minimum Gasteiger partial charge on any atom is -0.493 e. The van der Waals surface area contributed by atoms with Crippen LogP contribution in [0.25, 0.3) is 0 Å². The topological polar surface area (TPSA) is 127 Å². The first kappa shape index (κ1) is 31.0. The first-order chi connectivity index (χ1) is 18.6. The second-order valence-corrected chi connectivity index (χ2v) is 9.20. The number of hydrogen-bond acceptors (Lipinski definition) is 7. The average Bonchev–Trinajstić information content (AvgIpc) is 2.87. The fourth-order valence-corrected chi connectivity index (χ4v) is 3.59. The summed E-state index contributed by atoms with van der Waals surface area (Å²) in [4.78, 5) is 32.0. The number of alkyl halides is 5. The van der Waals surface area contributed by atoms with Crippen molar-refractivity contribution in [1.29, 1.82) is 0 Å². The highest BCUT2D eigenvalue weighted by atomic mass is 31.2. The van der Waals surface area contributed by atoms with Gasteiger partial charge in [0.1, 0.15) is 18.3 Å². The molecule has 0 radical (unpaired) electrons. The van der Waals surface area contributed by atoms with E-state index in [0.29, 0.717) is 18.2 Å². The van der Waals surface area contributed by atoms with Crippen molar-refractivity contribution >= 4 is 13.7 Å². The lowest BCUT2D eigenvalue weighted by Gasteiger charge is -2.30. The molecule has 0 aromatic heterocycles. The summed E-state index contributed by atoms with van der Waals surface area (Å²) in [5.74, 6) is -8.33. The molecule has 0 saturated carbocycles. The van der Waals surface area contributed by atoms with Gasteiger partial charge in [0, 0.05) is 30.6 Å². The number of halogens is 6. The summed E-state index contributed by atoms with van der Waals surface area (Å²) in [6.07, 6.45) is -3.13. The number of hydrogen-bond donors (Lipinski definition) is 3. The van der Waals surface area contributed by atoms with E-state index in [2.05, 4.69) is 9.84 Å². The Balaban J connectivity index is 1.95. The molecule has 17 heteroatoms. The van der Waals surface area contributed by atoms with Gasteiger partial charge in [0.2, 0.25) is 0 Å². The van der Waals surface area contributed by atoms with E-state index < -0.39 is 61.5 Å². The fourth-order valence-electron chi connectivity index (χ4n) is 3.31. The fraction of sp³-hybridized carbons (Fsp3) is 0.261. The largest absolute Gasteiger partial charge is 0.493 e. The Labute approximate surface area is 222 Å². The van der Waals surface area contributed by atoms with Gasteiger partial charge in [0.15, 0.2) is 17.7 Å². The van der Waals surface area contributed by atoms with Crippen LogP contribution < -0.4 is 14.8 Å². The number of allylic oxidation sites excluding steroid dienone is 1. The van der Waals surface area contributed by atoms with Gasteiger partial charge in [-0.05, 0) is 36.4 Å². The summed E-state index contributed by atoms with van der Waals surface area (Å²) in [5.41, 5.74) is -1.95. The third-order valence-electron chi connectivity index (χ3n) is 5.26. The second-order valence-electron chi connectivity index (χ2n) is 7.96. The number of ether oxygens (including phenoxy) is 3. The first-order valence-electron chi connectivity index (χ1n) is 10.9. The van der Waals surface area contributed by atoms with Crippen molar-refractivity contribution in [3.63, 3.8) is 0 Å². The third-order valence-corrected chi connectivity index (χ3v) is 5.71. The molecule has 0 fully saturated rings. The molecule has 1 heterocycles. The number of carbonyl (C=O) groups excluding carboxylic acids is 1. The molecular weight excluding hydrogens is 577 g/mol. The van der Waals surface area contributed by atoms with Crippen LogP contribution in [0.1, 0.15) is 15.9 Å². The molecule has 10 nitrogen and oxygen atoms in total. The van der Waals surface area contributed by atoms with E-state index in [1.54, 1.807) is 0 Å². The third kappa shape index (κ3) is 7.34. The van der Waals surface area contributed by atoms with Crippen LogP contribution in [0.15, 0.2) is 60.4 Å². The van der Waals surface area contributed by atoms with E-state index >= 15 is 0 Å². The number of nitrogens with one attached hydrogen (secondary N) is 1. The summed E-state index contributed by atoms with van der Waals surface area (Å²) < 4.78 is 112. The lowest BCUT2D eigenvalue weighted by atomic mass is 10.0. The molecule has 1 aliphatic rings. The number of benzene rings is 2. The van der Waals surface area contributed by atoms with E-state index in [9.17, 15) is 35.7 Å². The zero-order valence-corrected chi connectivity index (χ0v) is 21.4. The Morgan fingerprint density at radius 1 is 1.05 bits per heavy atom. The van der Waals surface area contributed by atoms with Crippen LogP contribution in [-0.4, -0.2) is 53.9 Å². The van der Waals surface area contributed by atoms with Crippen molar-refractivity contribution in [2.24, 2.45) is 0 Å². The quantitative estimate of drug-likeness (QED) is 0.262. The molecule has 2 aromatic carbocycles. The summed E-state index contributed by atoms with van der Waals surface area (Å²) in [6.45, 7) is -0.594. The molecule has 0 spiro atoms. The zero-order chi connectivity index (χ0) is 29.9. The summed E-state index contributed by atoms with van der Waals surface area (Å²) in [7, 11) is -2.43. The average molecular weight is 598 g/mol. The molecule has 3 N–H and O–H groups in total.